The third-order valence-electron chi connectivity index (χ3n) is 5.15. The maximum atomic E-state index is 13.5. The number of piperidine rings is 1. The van der Waals surface area contributed by atoms with Gasteiger partial charge in [-0.1, -0.05) is 12.1 Å². The first-order valence-electron chi connectivity index (χ1n) is 9.20. The summed E-state index contributed by atoms with van der Waals surface area (Å²) >= 11 is 0. The molecule has 1 fully saturated rings. The number of imidazole rings is 1. The summed E-state index contributed by atoms with van der Waals surface area (Å²) in [7, 11) is 0. The molecule has 0 radical (unpaired) electrons. The average Bonchev–Trinajstić information content (AvgIpc) is 3.08. The summed E-state index contributed by atoms with van der Waals surface area (Å²) in [5.41, 5.74) is 0.517. The maximum absolute atomic E-state index is 13.5. The van der Waals surface area contributed by atoms with Crippen LogP contribution in [0.4, 0.5) is 13.2 Å². The molecule has 0 bridgehead atoms. The molecule has 1 saturated heterocycles. The Morgan fingerprint density at radius 1 is 1.14 bits per heavy atom. The Kier molecular flexibility index (Phi) is 4.85. The van der Waals surface area contributed by atoms with Gasteiger partial charge in [-0.2, -0.15) is 18.3 Å². The van der Waals surface area contributed by atoms with Crippen molar-refractivity contribution in [3.05, 3.63) is 58.3 Å². The van der Waals surface area contributed by atoms with E-state index in [-0.39, 0.29) is 24.1 Å². The fourth-order valence-corrected chi connectivity index (χ4v) is 3.68. The number of nitrogens with zero attached hydrogens (tertiary/aromatic N) is 4. The molecule has 1 aromatic carbocycles. The molecule has 0 unspecified atom stereocenters. The monoisotopic (exact) mass is 405 g/mol. The smallest absolute Gasteiger partial charge is 0.337 e. The molecular weight excluding hydrogens is 387 g/mol. The molecule has 1 amide bonds. The number of aromatic amines is 1. The SMILES string of the molecule is O=C(c1ccc(=O)[nH]n1)N1CCC(Cn2c(C(F)(F)F)nc3ccccc32)CC1. The van der Waals surface area contributed by atoms with E-state index in [0.29, 0.717) is 37.0 Å². The van der Waals surface area contributed by atoms with Gasteiger partial charge in [-0.3, -0.25) is 9.59 Å². The molecule has 0 spiro atoms. The lowest BCUT2D eigenvalue weighted by atomic mass is 9.96. The van der Waals surface area contributed by atoms with Crippen molar-refractivity contribution in [1.29, 1.82) is 0 Å². The number of H-pyrrole nitrogens is 1. The molecule has 1 aliphatic rings. The second kappa shape index (κ2) is 7.34. The van der Waals surface area contributed by atoms with Gasteiger partial charge in [-0.05, 0) is 37.0 Å². The van der Waals surface area contributed by atoms with Gasteiger partial charge in [0.05, 0.1) is 11.0 Å². The number of likely N-dealkylation sites (tertiary alicyclic amines) is 1. The third-order valence-corrected chi connectivity index (χ3v) is 5.15. The van der Waals surface area contributed by atoms with Crippen molar-refractivity contribution in [3.8, 4) is 0 Å². The number of hydrogen-bond acceptors (Lipinski definition) is 4. The van der Waals surface area contributed by atoms with Gasteiger partial charge in [0.25, 0.3) is 11.5 Å². The van der Waals surface area contributed by atoms with Crippen LogP contribution < -0.4 is 5.56 Å². The van der Waals surface area contributed by atoms with Crippen LogP contribution in [0.1, 0.15) is 29.2 Å². The number of fused-ring (bicyclic) bond motifs is 1. The Morgan fingerprint density at radius 2 is 1.86 bits per heavy atom. The number of aromatic nitrogens is 4. The van der Waals surface area contributed by atoms with E-state index in [1.54, 1.807) is 29.2 Å². The largest absolute Gasteiger partial charge is 0.449 e. The van der Waals surface area contributed by atoms with Crippen LogP contribution in [0.3, 0.4) is 0 Å². The summed E-state index contributed by atoms with van der Waals surface area (Å²) < 4.78 is 41.6. The van der Waals surface area contributed by atoms with E-state index in [9.17, 15) is 22.8 Å². The van der Waals surface area contributed by atoms with Gasteiger partial charge in [0.1, 0.15) is 5.69 Å². The summed E-state index contributed by atoms with van der Waals surface area (Å²) in [5.74, 6) is -1.21. The number of para-hydroxylation sites is 2. The van der Waals surface area contributed by atoms with Crippen LogP contribution in [-0.4, -0.2) is 43.6 Å². The van der Waals surface area contributed by atoms with E-state index in [2.05, 4.69) is 15.2 Å². The van der Waals surface area contributed by atoms with Crippen LogP contribution in [0, 0.1) is 5.92 Å². The number of hydrogen-bond donors (Lipinski definition) is 1. The standard InChI is InChI=1S/C19H18F3N5O2/c20-19(21,22)18-23-13-3-1-2-4-15(13)27(18)11-12-7-9-26(10-8-12)17(29)14-5-6-16(28)25-24-14/h1-6,12H,7-11H2,(H,25,28). The number of halogens is 3. The maximum Gasteiger partial charge on any atom is 0.449 e. The first-order chi connectivity index (χ1) is 13.8. The zero-order chi connectivity index (χ0) is 20.6. The number of rotatable bonds is 3. The Bertz CT molecular complexity index is 1080. The fraction of sp³-hybridized carbons (Fsp3) is 0.368. The van der Waals surface area contributed by atoms with Crippen LogP contribution in [0.2, 0.25) is 0 Å². The number of nitrogens with one attached hydrogen (secondary N) is 1. The van der Waals surface area contributed by atoms with Gasteiger partial charge in [0.15, 0.2) is 0 Å². The predicted molar refractivity (Wildman–Crippen MR) is 98.2 cm³/mol. The summed E-state index contributed by atoms with van der Waals surface area (Å²) in [4.78, 5) is 28.9. The number of alkyl halides is 3. The molecule has 0 aliphatic carbocycles. The number of amides is 1. The summed E-state index contributed by atoms with van der Waals surface area (Å²) in [5, 5.41) is 5.97. The van der Waals surface area contributed by atoms with Crippen molar-refractivity contribution in [2.45, 2.75) is 25.6 Å². The summed E-state index contributed by atoms with van der Waals surface area (Å²) in [6.45, 7) is 1.02. The quantitative estimate of drug-likeness (QED) is 0.726. The lowest BCUT2D eigenvalue weighted by Gasteiger charge is -2.32. The molecule has 152 valence electrons. The highest BCUT2D eigenvalue weighted by atomic mass is 19.4. The highest BCUT2D eigenvalue weighted by Gasteiger charge is 2.38. The van der Waals surface area contributed by atoms with Crippen molar-refractivity contribution in [1.82, 2.24) is 24.6 Å². The first-order valence-corrected chi connectivity index (χ1v) is 9.20. The molecule has 1 aliphatic heterocycles. The van der Waals surface area contributed by atoms with Gasteiger partial charge in [-0.25, -0.2) is 10.1 Å². The van der Waals surface area contributed by atoms with Crippen molar-refractivity contribution in [2.75, 3.05) is 13.1 Å². The van der Waals surface area contributed by atoms with E-state index in [0.717, 1.165) is 0 Å². The fourth-order valence-electron chi connectivity index (χ4n) is 3.68. The molecule has 3 heterocycles. The van der Waals surface area contributed by atoms with Crippen LogP contribution >= 0.6 is 0 Å². The zero-order valence-corrected chi connectivity index (χ0v) is 15.3. The van der Waals surface area contributed by atoms with E-state index >= 15 is 0 Å². The first kappa shape index (κ1) is 19.2. The molecule has 2 aromatic heterocycles. The lowest BCUT2D eigenvalue weighted by molar-refractivity contribution is -0.147. The highest BCUT2D eigenvalue weighted by molar-refractivity contribution is 5.92. The topological polar surface area (TPSA) is 83.9 Å². The van der Waals surface area contributed by atoms with Gasteiger partial charge >= 0.3 is 6.18 Å². The number of benzene rings is 1. The minimum atomic E-state index is -4.54. The predicted octanol–water partition coefficient (Wildman–Crippen LogP) is 2.69. The molecule has 7 nitrogen and oxygen atoms in total. The molecule has 0 atom stereocenters. The molecule has 4 rings (SSSR count). The van der Waals surface area contributed by atoms with Crippen molar-refractivity contribution in [2.24, 2.45) is 5.92 Å². The Balaban J connectivity index is 1.48. The van der Waals surface area contributed by atoms with Crippen molar-refractivity contribution in [3.63, 3.8) is 0 Å². The van der Waals surface area contributed by atoms with Crippen molar-refractivity contribution >= 4 is 16.9 Å². The van der Waals surface area contributed by atoms with E-state index in [1.165, 1.54) is 16.7 Å². The van der Waals surface area contributed by atoms with Crippen molar-refractivity contribution < 1.29 is 18.0 Å². The van der Waals surface area contributed by atoms with Crippen LogP contribution in [0.5, 0.6) is 0 Å². The van der Waals surface area contributed by atoms with Crippen LogP contribution in [-0.2, 0) is 12.7 Å². The Hall–Kier alpha value is -3.17. The van der Waals surface area contributed by atoms with Gasteiger partial charge < -0.3 is 9.47 Å². The Morgan fingerprint density at radius 3 is 2.52 bits per heavy atom. The Labute approximate surface area is 163 Å². The second-order valence-electron chi connectivity index (χ2n) is 7.07. The van der Waals surface area contributed by atoms with Gasteiger partial charge in [0.2, 0.25) is 5.82 Å². The minimum absolute atomic E-state index is 0.0127. The third kappa shape index (κ3) is 3.87. The lowest BCUT2D eigenvalue weighted by Crippen LogP contribution is -2.40. The molecule has 29 heavy (non-hydrogen) atoms. The normalized spacial score (nSPS) is 15.8. The average molecular weight is 405 g/mol. The number of carbonyl (C=O) groups excluding carboxylic acids is 1. The van der Waals surface area contributed by atoms with Gasteiger partial charge in [-0.15, -0.1) is 0 Å². The molecular formula is C19H18F3N5O2. The zero-order valence-electron chi connectivity index (χ0n) is 15.3. The second-order valence-corrected chi connectivity index (χ2v) is 7.07. The van der Waals surface area contributed by atoms with Gasteiger partial charge in [0, 0.05) is 25.7 Å². The minimum Gasteiger partial charge on any atom is -0.337 e. The molecule has 0 saturated carbocycles. The molecule has 1 N–H and O–H groups in total. The number of carbonyl (C=O) groups is 1. The summed E-state index contributed by atoms with van der Waals surface area (Å²) in [6, 6.07) is 9.15. The van der Waals surface area contributed by atoms with E-state index < -0.39 is 17.6 Å². The molecule has 3 aromatic rings. The van der Waals surface area contributed by atoms with Crippen LogP contribution in [0.25, 0.3) is 11.0 Å². The molecule has 10 heteroatoms. The van der Waals surface area contributed by atoms with E-state index in [1.807, 2.05) is 0 Å². The summed E-state index contributed by atoms with van der Waals surface area (Å²) in [6.07, 6.45) is -3.40. The van der Waals surface area contributed by atoms with E-state index in [4.69, 9.17) is 0 Å². The van der Waals surface area contributed by atoms with Crippen LogP contribution in [0.15, 0.2) is 41.2 Å². The highest BCUT2D eigenvalue weighted by Crippen LogP contribution is 2.33.